The largest absolute Gasteiger partial charge is 0.365 e. The highest BCUT2D eigenvalue weighted by molar-refractivity contribution is 7.09. The number of primary amides is 1. The highest BCUT2D eigenvalue weighted by Crippen LogP contribution is 2.23. The Kier molecular flexibility index (Phi) is 2.34. The van der Waals surface area contributed by atoms with E-state index < -0.39 is 5.91 Å². The number of nitrogens with two attached hydrogens (primary N) is 1. The first-order valence-corrected chi connectivity index (χ1v) is 6.00. The predicted molar refractivity (Wildman–Crippen MR) is 67.3 cm³/mol. The van der Waals surface area contributed by atoms with E-state index in [0.717, 1.165) is 16.3 Å². The number of fused-ring (bicyclic) bond motifs is 1. The summed E-state index contributed by atoms with van der Waals surface area (Å²) in [5.41, 5.74) is 7.76. The zero-order chi connectivity index (χ0) is 12.7. The fourth-order valence-electron chi connectivity index (χ4n) is 1.76. The molecule has 0 aliphatic heterocycles. The van der Waals surface area contributed by atoms with Crippen LogP contribution in [0.1, 0.15) is 16.1 Å². The third kappa shape index (κ3) is 1.56. The minimum Gasteiger partial charge on any atom is -0.365 e. The lowest BCUT2D eigenvalue weighted by Crippen LogP contribution is -2.11. The summed E-state index contributed by atoms with van der Waals surface area (Å²) >= 11 is 1.35. The van der Waals surface area contributed by atoms with E-state index in [1.54, 1.807) is 10.7 Å². The summed E-state index contributed by atoms with van der Waals surface area (Å²) in [5, 5.41) is 4.10. The molecule has 3 rings (SSSR count). The molecule has 18 heavy (non-hydrogen) atoms. The van der Waals surface area contributed by atoms with Crippen LogP contribution in [0.3, 0.4) is 0 Å². The van der Waals surface area contributed by atoms with Gasteiger partial charge in [0.05, 0.1) is 16.8 Å². The van der Waals surface area contributed by atoms with Crippen LogP contribution in [0, 0.1) is 6.92 Å². The number of carbonyl (C=O) groups excluding carboxylic acids is 1. The Morgan fingerprint density at radius 1 is 1.50 bits per heavy atom. The van der Waals surface area contributed by atoms with Crippen molar-refractivity contribution >= 4 is 23.1 Å². The standard InChI is InChI=1S/C11H9N5OS/c1-6-4-8(9-2-3-14-18-9)15-11-7(10(12)17)5-13-16(6)11/h2-5H,1H3,(H2,12,17). The highest BCUT2D eigenvalue weighted by Gasteiger charge is 2.14. The first-order valence-electron chi connectivity index (χ1n) is 5.23. The van der Waals surface area contributed by atoms with E-state index in [1.165, 1.54) is 17.7 Å². The lowest BCUT2D eigenvalue weighted by Gasteiger charge is -2.02. The predicted octanol–water partition coefficient (Wildman–Crippen LogP) is 1.26. The molecule has 3 aromatic heterocycles. The third-order valence-corrected chi connectivity index (χ3v) is 3.37. The molecule has 0 aliphatic carbocycles. The first kappa shape index (κ1) is 10.8. The minimum atomic E-state index is -0.529. The normalized spacial score (nSPS) is 10.9. The van der Waals surface area contributed by atoms with Crippen LogP contribution in [0.4, 0.5) is 0 Å². The summed E-state index contributed by atoms with van der Waals surface area (Å²) in [6.07, 6.45) is 3.15. The maximum absolute atomic E-state index is 11.3. The van der Waals surface area contributed by atoms with E-state index in [9.17, 15) is 4.79 Å². The summed E-state index contributed by atoms with van der Waals surface area (Å²) in [6, 6.07) is 3.78. The van der Waals surface area contributed by atoms with Gasteiger partial charge in [-0.3, -0.25) is 4.79 Å². The second kappa shape index (κ2) is 3.88. The van der Waals surface area contributed by atoms with Gasteiger partial charge in [-0.1, -0.05) is 0 Å². The van der Waals surface area contributed by atoms with E-state index in [0.29, 0.717) is 11.2 Å². The van der Waals surface area contributed by atoms with Gasteiger partial charge in [-0.25, -0.2) is 13.9 Å². The molecule has 0 radical (unpaired) electrons. The van der Waals surface area contributed by atoms with Gasteiger partial charge in [0.1, 0.15) is 5.56 Å². The summed E-state index contributed by atoms with van der Waals surface area (Å²) in [7, 11) is 0. The van der Waals surface area contributed by atoms with Gasteiger partial charge in [0.15, 0.2) is 5.65 Å². The van der Waals surface area contributed by atoms with Crippen molar-refractivity contribution in [3.05, 3.63) is 35.8 Å². The van der Waals surface area contributed by atoms with Gasteiger partial charge < -0.3 is 5.73 Å². The molecule has 1 amide bonds. The van der Waals surface area contributed by atoms with Crippen molar-refractivity contribution in [2.24, 2.45) is 5.73 Å². The summed E-state index contributed by atoms with van der Waals surface area (Å²) in [5.74, 6) is -0.529. The maximum atomic E-state index is 11.3. The number of nitrogens with zero attached hydrogens (tertiary/aromatic N) is 4. The van der Waals surface area contributed by atoms with Gasteiger partial charge in [-0.05, 0) is 30.6 Å². The Morgan fingerprint density at radius 2 is 2.33 bits per heavy atom. The highest BCUT2D eigenvalue weighted by atomic mass is 32.1. The molecule has 3 aromatic rings. The molecule has 7 heteroatoms. The Labute approximate surface area is 106 Å². The number of hydrogen-bond acceptors (Lipinski definition) is 5. The van der Waals surface area contributed by atoms with Crippen LogP contribution in [-0.4, -0.2) is 24.9 Å². The van der Waals surface area contributed by atoms with Gasteiger partial charge in [0.2, 0.25) is 0 Å². The van der Waals surface area contributed by atoms with Crippen LogP contribution in [0.25, 0.3) is 16.2 Å². The van der Waals surface area contributed by atoms with Gasteiger partial charge in [0.25, 0.3) is 5.91 Å². The number of aromatic nitrogens is 4. The van der Waals surface area contributed by atoms with Gasteiger partial charge >= 0.3 is 0 Å². The second-order valence-electron chi connectivity index (χ2n) is 3.82. The molecule has 0 bridgehead atoms. The molecular weight excluding hydrogens is 250 g/mol. The van der Waals surface area contributed by atoms with Crippen molar-refractivity contribution in [3.8, 4) is 10.6 Å². The average molecular weight is 259 g/mol. The lowest BCUT2D eigenvalue weighted by molar-refractivity contribution is 0.100. The number of rotatable bonds is 2. The average Bonchev–Trinajstić information content (AvgIpc) is 2.97. The van der Waals surface area contributed by atoms with E-state index >= 15 is 0 Å². The smallest absolute Gasteiger partial charge is 0.254 e. The van der Waals surface area contributed by atoms with Crippen molar-refractivity contribution in [1.82, 2.24) is 19.0 Å². The van der Waals surface area contributed by atoms with Crippen molar-refractivity contribution in [2.75, 3.05) is 0 Å². The molecule has 2 N–H and O–H groups in total. The topological polar surface area (TPSA) is 86.2 Å². The first-order chi connectivity index (χ1) is 8.66. The van der Waals surface area contributed by atoms with Crippen LogP contribution >= 0.6 is 11.5 Å². The third-order valence-electron chi connectivity index (χ3n) is 2.61. The van der Waals surface area contributed by atoms with Crippen molar-refractivity contribution in [1.29, 1.82) is 0 Å². The number of carbonyl (C=O) groups is 1. The number of aryl methyl sites for hydroxylation is 1. The Morgan fingerprint density at radius 3 is 3.00 bits per heavy atom. The molecular formula is C11H9N5OS. The Bertz CT molecular complexity index is 731. The van der Waals surface area contributed by atoms with E-state index in [4.69, 9.17) is 5.73 Å². The van der Waals surface area contributed by atoms with Crippen molar-refractivity contribution in [3.63, 3.8) is 0 Å². The van der Waals surface area contributed by atoms with Crippen LogP contribution < -0.4 is 5.73 Å². The van der Waals surface area contributed by atoms with Gasteiger partial charge in [-0.15, -0.1) is 0 Å². The fraction of sp³-hybridized carbons (Fsp3) is 0.0909. The van der Waals surface area contributed by atoms with Crippen LogP contribution in [0.5, 0.6) is 0 Å². The minimum absolute atomic E-state index is 0.324. The fourth-order valence-corrected chi connectivity index (χ4v) is 2.32. The SMILES string of the molecule is Cc1cc(-c2ccns2)nc2c(C(N)=O)cnn12. The molecule has 0 saturated carbocycles. The molecule has 0 unspecified atom stereocenters. The van der Waals surface area contributed by atoms with Crippen LogP contribution in [0.2, 0.25) is 0 Å². The van der Waals surface area contributed by atoms with Gasteiger partial charge in [0, 0.05) is 11.9 Å². The number of amides is 1. The molecule has 90 valence electrons. The zero-order valence-electron chi connectivity index (χ0n) is 9.49. The monoisotopic (exact) mass is 259 g/mol. The maximum Gasteiger partial charge on any atom is 0.254 e. The van der Waals surface area contributed by atoms with Gasteiger partial charge in [-0.2, -0.15) is 5.10 Å². The van der Waals surface area contributed by atoms with Crippen LogP contribution in [-0.2, 0) is 0 Å². The van der Waals surface area contributed by atoms with E-state index in [1.807, 2.05) is 19.1 Å². The lowest BCUT2D eigenvalue weighted by atomic mass is 10.2. The molecule has 0 aromatic carbocycles. The van der Waals surface area contributed by atoms with Crippen molar-refractivity contribution < 1.29 is 4.79 Å². The molecule has 0 spiro atoms. The van der Waals surface area contributed by atoms with E-state index in [2.05, 4.69) is 14.5 Å². The number of hydrogen-bond donors (Lipinski definition) is 1. The van der Waals surface area contributed by atoms with Crippen molar-refractivity contribution in [2.45, 2.75) is 6.92 Å². The molecule has 0 atom stereocenters. The summed E-state index contributed by atoms with van der Waals surface area (Å²) in [6.45, 7) is 1.90. The van der Waals surface area contributed by atoms with Crippen LogP contribution in [0.15, 0.2) is 24.5 Å². The second-order valence-corrected chi connectivity index (χ2v) is 4.65. The molecule has 0 fully saturated rings. The molecule has 6 nitrogen and oxygen atoms in total. The summed E-state index contributed by atoms with van der Waals surface area (Å²) < 4.78 is 5.64. The Balaban J connectivity index is 2.31. The molecule has 0 aliphatic rings. The summed E-state index contributed by atoms with van der Waals surface area (Å²) in [4.78, 5) is 16.7. The molecule has 0 saturated heterocycles. The Hall–Kier alpha value is -2.28. The van der Waals surface area contributed by atoms with E-state index in [-0.39, 0.29) is 0 Å². The zero-order valence-corrected chi connectivity index (χ0v) is 10.3. The molecule has 3 heterocycles. The quantitative estimate of drug-likeness (QED) is 0.750.